The van der Waals surface area contributed by atoms with Crippen molar-refractivity contribution < 1.29 is 4.74 Å². The summed E-state index contributed by atoms with van der Waals surface area (Å²) in [5, 5.41) is 0. The summed E-state index contributed by atoms with van der Waals surface area (Å²) in [5.41, 5.74) is 9.01. The van der Waals surface area contributed by atoms with Crippen molar-refractivity contribution in [3.63, 3.8) is 0 Å². The third kappa shape index (κ3) is 2.26. The molecule has 0 fully saturated rings. The summed E-state index contributed by atoms with van der Waals surface area (Å²) in [7, 11) is 1.67. The lowest BCUT2D eigenvalue weighted by molar-refractivity contribution is 0.415. The molecule has 0 saturated heterocycles. The molecule has 0 unspecified atom stereocenters. The van der Waals surface area contributed by atoms with Crippen LogP contribution in [0, 0.1) is 0 Å². The van der Waals surface area contributed by atoms with E-state index < -0.39 is 0 Å². The molecule has 2 N–H and O–H groups in total. The van der Waals surface area contributed by atoms with E-state index >= 15 is 0 Å². The summed E-state index contributed by atoms with van der Waals surface area (Å²) in [5.74, 6) is 1.87. The molecular formula is C16H17N3O. The van der Waals surface area contributed by atoms with Gasteiger partial charge in [-0.15, -0.1) is 0 Å². The van der Waals surface area contributed by atoms with Crippen LogP contribution in [-0.4, -0.2) is 23.0 Å². The van der Waals surface area contributed by atoms with Gasteiger partial charge in [-0.25, -0.2) is 4.98 Å². The molecule has 0 atom stereocenters. The molecule has 3 aromatic rings. The standard InChI is InChI=1S/C16H17N3O/c1-20-15-4-2-12(3-5-15)13-7-9-19-14(10-13)11-18-16(19)6-8-17/h2-5,7,9-11H,6,8,17H2,1H3. The normalized spacial score (nSPS) is 10.9. The lowest BCUT2D eigenvalue weighted by Crippen LogP contribution is -2.06. The van der Waals surface area contributed by atoms with Gasteiger partial charge in [0.25, 0.3) is 0 Å². The Balaban J connectivity index is 1.99. The molecule has 0 aliphatic heterocycles. The van der Waals surface area contributed by atoms with Crippen LogP contribution < -0.4 is 10.5 Å². The van der Waals surface area contributed by atoms with Crippen LogP contribution >= 0.6 is 0 Å². The fourth-order valence-electron chi connectivity index (χ4n) is 2.33. The molecule has 3 rings (SSSR count). The van der Waals surface area contributed by atoms with E-state index in [2.05, 4.69) is 33.7 Å². The molecule has 2 aromatic heterocycles. The second kappa shape index (κ2) is 5.35. The van der Waals surface area contributed by atoms with E-state index in [1.54, 1.807) is 7.11 Å². The van der Waals surface area contributed by atoms with Crippen LogP contribution in [-0.2, 0) is 6.42 Å². The molecule has 2 heterocycles. The molecule has 4 heteroatoms. The van der Waals surface area contributed by atoms with Crippen LogP contribution in [0.3, 0.4) is 0 Å². The molecule has 0 radical (unpaired) electrons. The summed E-state index contributed by atoms with van der Waals surface area (Å²) >= 11 is 0. The third-order valence-electron chi connectivity index (χ3n) is 3.40. The third-order valence-corrected chi connectivity index (χ3v) is 3.40. The molecule has 0 aliphatic rings. The Morgan fingerprint density at radius 2 is 1.95 bits per heavy atom. The fourth-order valence-corrected chi connectivity index (χ4v) is 2.33. The minimum atomic E-state index is 0.610. The van der Waals surface area contributed by atoms with E-state index in [1.807, 2.05) is 24.5 Å². The van der Waals surface area contributed by atoms with E-state index in [4.69, 9.17) is 10.5 Å². The van der Waals surface area contributed by atoms with Crippen LogP contribution in [0.25, 0.3) is 16.6 Å². The average molecular weight is 267 g/mol. The molecule has 1 aromatic carbocycles. The quantitative estimate of drug-likeness (QED) is 0.790. The first-order chi connectivity index (χ1) is 9.81. The van der Waals surface area contributed by atoms with Gasteiger partial charge in [0.2, 0.25) is 0 Å². The number of benzene rings is 1. The van der Waals surface area contributed by atoms with E-state index in [-0.39, 0.29) is 0 Å². The number of ether oxygens (including phenoxy) is 1. The SMILES string of the molecule is COc1ccc(-c2ccn3c(CCN)ncc3c2)cc1. The molecule has 20 heavy (non-hydrogen) atoms. The highest BCUT2D eigenvalue weighted by Crippen LogP contribution is 2.24. The first kappa shape index (κ1) is 12.7. The minimum absolute atomic E-state index is 0.610. The van der Waals surface area contributed by atoms with Crippen molar-refractivity contribution in [3.05, 3.63) is 54.6 Å². The van der Waals surface area contributed by atoms with Gasteiger partial charge >= 0.3 is 0 Å². The monoisotopic (exact) mass is 267 g/mol. The molecule has 0 bridgehead atoms. The van der Waals surface area contributed by atoms with Crippen molar-refractivity contribution >= 4 is 5.52 Å². The Morgan fingerprint density at radius 3 is 2.65 bits per heavy atom. The second-order valence-electron chi connectivity index (χ2n) is 4.65. The van der Waals surface area contributed by atoms with Crippen molar-refractivity contribution in [2.24, 2.45) is 5.73 Å². The number of rotatable bonds is 4. The Labute approximate surface area is 117 Å². The maximum Gasteiger partial charge on any atom is 0.118 e. The molecule has 0 aliphatic carbocycles. The molecular weight excluding hydrogens is 250 g/mol. The Hall–Kier alpha value is -2.33. The largest absolute Gasteiger partial charge is 0.497 e. The maximum atomic E-state index is 5.59. The predicted molar refractivity (Wildman–Crippen MR) is 79.9 cm³/mol. The predicted octanol–water partition coefficient (Wildman–Crippen LogP) is 2.51. The van der Waals surface area contributed by atoms with E-state index in [0.29, 0.717) is 6.54 Å². The van der Waals surface area contributed by atoms with Gasteiger partial charge in [-0.1, -0.05) is 12.1 Å². The van der Waals surface area contributed by atoms with Gasteiger partial charge in [0, 0.05) is 12.6 Å². The van der Waals surface area contributed by atoms with Gasteiger partial charge < -0.3 is 14.9 Å². The summed E-state index contributed by atoms with van der Waals surface area (Å²) in [6, 6.07) is 12.3. The maximum absolute atomic E-state index is 5.59. The van der Waals surface area contributed by atoms with Crippen molar-refractivity contribution in [1.29, 1.82) is 0 Å². The minimum Gasteiger partial charge on any atom is -0.497 e. The second-order valence-corrected chi connectivity index (χ2v) is 4.65. The van der Waals surface area contributed by atoms with Gasteiger partial charge in [0.05, 0.1) is 18.8 Å². The van der Waals surface area contributed by atoms with Crippen LogP contribution in [0.5, 0.6) is 5.75 Å². The smallest absolute Gasteiger partial charge is 0.118 e. The zero-order valence-corrected chi connectivity index (χ0v) is 11.4. The number of pyridine rings is 1. The highest BCUT2D eigenvalue weighted by atomic mass is 16.5. The van der Waals surface area contributed by atoms with Crippen LogP contribution in [0.2, 0.25) is 0 Å². The molecule has 102 valence electrons. The number of methoxy groups -OCH3 is 1. The number of aromatic nitrogens is 2. The number of fused-ring (bicyclic) bond motifs is 1. The average Bonchev–Trinajstić information content (AvgIpc) is 2.90. The van der Waals surface area contributed by atoms with Gasteiger partial charge in [-0.05, 0) is 41.9 Å². The topological polar surface area (TPSA) is 52.5 Å². The Bertz CT molecular complexity index is 716. The lowest BCUT2D eigenvalue weighted by atomic mass is 10.1. The summed E-state index contributed by atoms with van der Waals surface area (Å²) in [4.78, 5) is 4.41. The molecule has 0 amide bonds. The van der Waals surface area contributed by atoms with Crippen LogP contribution in [0.15, 0.2) is 48.8 Å². The Kier molecular flexibility index (Phi) is 3.39. The lowest BCUT2D eigenvalue weighted by Gasteiger charge is -2.05. The number of nitrogens with zero attached hydrogens (tertiary/aromatic N) is 2. The van der Waals surface area contributed by atoms with Gasteiger partial charge in [-0.3, -0.25) is 0 Å². The van der Waals surface area contributed by atoms with Gasteiger partial charge in [-0.2, -0.15) is 0 Å². The number of imidazole rings is 1. The molecule has 0 saturated carbocycles. The van der Waals surface area contributed by atoms with Crippen molar-refractivity contribution in [2.75, 3.05) is 13.7 Å². The zero-order valence-electron chi connectivity index (χ0n) is 11.4. The highest BCUT2D eigenvalue weighted by molar-refractivity contribution is 5.69. The summed E-state index contributed by atoms with van der Waals surface area (Å²) < 4.78 is 7.26. The first-order valence-electron chi connectivity index (χ1n) is 6.62. The molecule has 4 nitrogen and oxygen atoms in total. The summed E-state index contributed by atoms with van der Waals surface area (Å²) in [6.07, 6.45) is 4.72. The highest BCUT2D eigenvalue weighted by Gasteiger charge is 2.05. The Morgan fingerprint density at radius 1 is 1.15 bits per heavy atom. The van der Waals surface area contributed by atoms with Crippen molar-refractivity contribution in [2.45, 2.75) is 6.42 Å². The van der Waals surface area contributed by atoms with E-state index in [1.165, 1.54) is 5.56 Å². The number of nitrogens with two attached hydrogens (primary N) is 1. The van der Waals surface area contributed by atoms with Crippen molar-refractivity contribution in [3.8, 4) is 16.9 Å². The fraction of sp³-hybridized carbons (Fsp3) is 0.188. The number of hydrogen-bond donors (Lipinski definition) is 1. The summed E-state index contributed by atoms with van der Waals surface area (Å²) in [6.45, 7) is 0.610. The van der Waals surface area contributed by atoms with Crippen LogP contribution in [0.1, 0.15) is 5.82 Å². The first-order valence-corrected chi connectivity index (χ1v) is 6.62. The molecule has 0 spiro atoms. The van der Waals surface area contributed by atoms with Gasteiger partial charge in [0.1, 0.15) is 11.6 Å². The van der Waals surface area contributed by atoms with Crippen molar-refractivity contribution in [1.82, 2.24) is 9.38 Å². The zero-order chi connectivity index (χ0) is 13.9. The van der Waals surface area contributed by atoms with Crippen LogP contribution in [0.4, 0.5) is 0 Å². The van der Waals surface area contributed by atoms with Gasteiger partial charge in [0.15, 0.2) is 0 Å². The van der Waals surface area contributed by atoms with E-state index in [0.717, 1.165) is 29.1 Å². The number of hydrogen-bond acceptors (Lipinski definition) is 3. The van der Waals surface area contributed by atoms with E-state index in [9.17, 15) is 0 Å².